The van der Waals surface area contributed by atoms with E-state index in [4.69, 9.17) is 0 Å². The highest BCUT2D eigenvalue weighted by Crippen LogP contribution is 2.20. The van der Waals surface area contributed by atoms with Gasteiger partial charge in [-0.25, -0.2) is 4.98 Å². The zero-order valence-electron chi connectivity index (χ0n) is 11.8. The van der Waals surface area contributed by atoms with Crippen LogP contribution in [0.15, 0.2) is 42.7 Å². The molecule has 1 atom stereocenters. The summed E-state index contributed by atoms with van der Waals surface area (Å²) in [5.74, 6) is 1.11. The summed E-state index contributed by atoms with van der Waals surface area (Å²) in [5, 5.41) is 3.60. The Morgan fingerprint density at radius 2 is 1.95 bits per heavy atom. The van der Waals surface area contributed by atoms with Gasteiger partial charge in [0.1, 0.15) is 5.82 Å². The summed E-state index contributed by atoms with van der Waals surface area (Å²) < 4.78 is 2.25. The number of aryl methyl sites for hydroxylation is 1. The topological polar surface area (TPSA) is 29.9 Å². The van der Waals surface area contributed by atoms with Crippen LogP contribution in [0.1, 0.15) is 44.1 Å². The third kappa shape index (κ3) is 3.44. The Balaban J connectivity index is 2.29. The Morgan fingerprint density at radius 3 is 2.63 bits per heavy atom. The Bertz CT molecular complexity index is 476. The molecule has 2 aromatic rings. The van der Waals surface area contributed by atoms with Crippen LogP contribution < -0.4 is 5.32 Å². The van der Waals surface area contributed by atoms with Gasteiger partial charge < -0.3 is 9.88 Å². The summed E-state index contributed by atoms with van der Waals surface area (Å²) in [4.78, 5) is 4.56. The average molecular weight is 257 g/mol. The molecule has 0 aliphatic carbocycles. The van der Waals surface area contributed by atoms with E-state index in [9.17, 15) is 0 Å². The van der Waals surface area contributed by atoms with Gasteiger partial charge in [-0.1, -0.05) is 44.2 Å². The molecule has 0 aliphatic rings. The molecule has 1 aromatic carbocycles. The lowest BCUT2D eigenvalue weighted by Crippen LogP contribution is -2.26. The maximum absolute atomic E-state index is 4.56. The van der Waals surface area contributed by atoms with Gasteiger partial charge in [-0.3, -0.25) is 0 Å². The number of imidazole rings is 1. The van der Waals surface area contributed by atoms with Gasteiger partial charge in [0.25, 0.3) is 0 Å². The molecular weight excluding hydrogens is 234 g/mol. The minimum absolute atomic E-state index is 0.183. The molecule has 3 nitrogen and oxygen atoms in total. The fraction of sp³-hybridized carbons (Fsp3) is 0.438. The first kappa shape index (κ1) is 13.8. The largest absolute Gasteiger partial charge is 0.333 e. The molecule has 0 aliphatic heterocycles. The number of hydrogen-bond acceptors (Lipinski definition) is 2. The number of benzene rings is 1. The van der Waals surface area contributed by atoms with Crippen molar-refractivity contribution in [1.82, 2.24) is 14.9 Å². The molecular formula is C16H23N3. The number of aromatic nitrogens is 2. The Hall–Kier alpha value is -1.61. The summed E-state index contributed by atoms with van der Waals surface area (Å²) in [7, 11) is 0. The highest BCUT2D eigenvalue weighted by Gasteiger charge is 2.17. The van der Waals surface area contributed by atoms with Gasteiger partial charge in [0, 0.05) is 18.9 Å². The molecule has 19 heavy (non-hydrogen) atoms. The minimum atomic E-state index is 0.183. The monoisotopic (exact) mass is 257 g/mol. The number of nitrogens with one attached hydrogen (secondary N) is 1. The summed E-state index contributed by atoms with van der Waals surface area (Å²) in [5.41, 5.74) is 1.28. The predicted molar refractivity (Wildman–Crippen MR) is 79.1 cm³/mol. The molecule has 0 fully saturated rings. The molecule has 0 amide bonds. The van der Waals surface area contributed by atoms with Crippen molar-refractivity contribution in [2.45, 2.75) is 39.3 Å². The van der Waals surface area contributed by atoms with Gasteiger partial charge >= 0.3 is 0 Å². The fourth-order valence-electron chi connectivity index (χ4n) is 2.30. The molecule has 1 aromatic heterocycles. The smallest absolute Gasteiger partial charge is 0.130 e. The zero-order chi connectivity index (χ0) is 13.5. The molecule has 0 radical (unpaired) electrons. The molecule has 102 valence electrons. The molecule has 0 saturated carbocycles. The number of nitrogens with zero attached hydrogens (tertiary/aromatic N) is 2. The molecule has 0 bridgehead atoms. The van der Waals surface area contributed by atoms with Gasteiger partial charge in [-0.15, -0.1) is 0 Å². The Morgan fingerprint density at radius 1 is 1.16 bits per heavy atom. The molecule has 2 rings (SSSR count). The van der Waals surface area contributed by atoms with Crippen LogP contribution in [0.3, 0.4) is 0 Å². The highest BCUT2D eigenvalue weighted by molar-refractivity contribution is 5.25. The standard InChI is InChI=1S/C16H23N3/c1-3-10-17-15(14-8-6-5-7-9-14)16-18-11-13-19(16)12-4-2/h5-9,11,13,15,17H,3-4,10,12H2,1-2H3. The fourth-order valence-corrected chi connectivity index (χ4v) is 2.30. The third-order valence-corrected chi connectivity index (χ3v) is 3.20. The van der Waals surface area contributed by atoms with Crippen molar-refractivity contribution in [2.75, 3.05) is 6.54 Å². The van der Waals surface area contributed by atoms with Crippen LogP contribution >= 0.6 is 0 Å². The summed E-state index contributed by atoms with van der Waals surface area (Å²) in [6.45, 7) is 6.40. The van der Waals surface area contributed by atoms with Gasteiger partial charge in [-0.05, 0) is 24.9 Å². The normalized spacial score (nSPS) is 12.5. The lowest BCUT2D eigenvalue weighted by atomic mass is 10.1. The Labute approximate surface area is 115 Å². The number of hydrogen-bond donors (Lipinski definition) is 1. The van der Waals surface area contributed by atoms with Gasteiger partial charge in [0.15, 0.2) is 0 Å². The molecule has 0 saturated heterocycles. The van der Waals surface area contributed by atoms with Crippen LogP contribution in [0.25, 0.3) is 0 Å². The van der Waals surface area contributed by atoms with E-state index in [0.29, 0.717) is 0 Å². The first-order chi connectivity index (χ1) is 9.36. The van der Waals surface area contributed by atoms with Crippen LogP contribution in [0, 0.1) is 0 Å². The summed E-state index contributed by atoms with van der Waals surface area (Å²) >= 11 is 0. The third-order valence-electron chi connectivity index (χ3n) is 3.20. The van der Waals surface area contributed by atoms with E-state index in [1.165, 1.54) is 5.56 Å². The average Bonchev–Trinajstić information content (AvgIpc) is 2.89. The van der Waals surface area contributed by atoms with Gasteiger partial charge in [0.05, 0.1) is 6.04 Å². The van der Waals surface area contributed by atoms with E-state index in [2.05, 4.69) is 65.2 Å². The quantitative estimate of drug-likeness (QED) is 0.824. The maximum atomic E-state index is 4.56. The van der Waals surface area contributed by atoms with Crippen LogP contribution in [0.5, 0.6) is 0 Å². The summed E-state index contributed by atoms with van der Waals surface area (Å²) in [6, 6.07) is 10.7. The van der Waals surface area contributed by atoms with Crippen molar-refractivity contribution in [3.63, 3.8) is 0 Å². The van der Waals surface area contributed by atoms with Crippen LogP contribution in [-0.4, -0.2) is 16.1 Å². The van der Waals surface area contributed by atoms with Crippen molar-refractivity contribution in [2.24, 2.45) is 0 Å². The van der Waals surface area contributed by atoms with E-state index in [-0.39, 0.29) is 6.04 Å². The van der Waals surface area contributed by atoms with Crippen LogP contribution in [0.2, 0.25) is 0 Å². The van der Waals surface area contributed by atoms with E-state index < -0.39 is 0 Å². The zero-order valence-corrected chi connectivity index (χ0v) is 11.8. The Kier molecular flexibility index (Phi) is 5.16. The van der Waals surface area contributed by atoms with Crippen LogP contribution in [0.4, 0.5) is 0 Å². The van der Waals surface area contributed by atoms with Gasteiger partial charge in [-0.2, -0.15) is 0 Å². The van der Waals surface area contributed by atoms with Crippen molar-refractivity contribution in [3.8, 4) is 0 Å². The number of rotatable bonds is 7. The lowest BCUT2D eigenvalue weighted by molar-refractivity contribution is 0.530. The second kappa shape index (κ2) is 7.10. The molecule has 1 N–H and O–H groups in total. The van der Waals surface area contributed by atoms with E-state index in [1.807, 2.05) is 6.20 Å². The van der Waals surface area contributed by atoms with Crippen molar-refractivity contribution >= 4 is 0 Å². The van der Waals surface area contributed by atoms with Crippen LogP contribution in [-0.2, 0) is 6.54 Å². The first-order valence-corrected chi connectivity index (χ1v) is 7.16. The van der Waals surface area contributed by atoms with Crippen molar-refractivity contribution in [1.29, 1.82) is 0 Å². The molecule has 1 unspecified atom stereocenters. The molecule has 3 heteroatoms. The van der Waals surface area contributed by atoms with Crippen molar-refractivity contribution < 1.29 is 0 Å². The minimum Gasteiger partial charge on any atom is -0.333 e. The predicted octanol–water partition coefficient (Wildman–Crippen LogP) is 3.38. The van der Waals surface area contributed by atoms with E-state index in [1.54, 1.807) is 0 Å². The molecule has 1 heterocycles. The second-order valence-electron chi connectivity index (χ2n) is 4.78. The SMILES string of the molecule is CCCNC(c1ccccc1)c1nccn1CCC. The second-order valence-corrected chi connectivity index (χ2v) is 4.78. The molecule has 0 spiro atoms. The first-order valence-electron chi connectivity index (χ1n) is 7.16. The lowest BCUT2D eigenvalue weighted by Gasteiger charge is -2.20. The van der Waals surface area contributed by atoms with E-state index in [0.717, 1.165) is 31.8 Å². The van der Waals surface area contributed by atoms with E-state index >= 15 is 0 Å². The van der Waals surface area contributed by atoms with Gasteiger partial charge in [0.2, 0.25) is 0 Å². The highest BCUT2D eigenvalue weighted by atomic mass is 15.1. The summed E-state index contributed by atoms with van der Waals surface area (Å²) in [6.07, 6.45) is 6.22. The van der Waals surface area contributed by atoms with Crippen molar-refractivity contribution in [3.05, 3.63) is 54.1 Å². The maximum Gasteiger partial charge on any atom is 0.130 e.